The predicted octanol–water partition coefficient (Wildman–Crippen LogP) is 2.40. The molecule has 0 spiro atoms. The summed E-state index contributed by atoms with van der Waals surface area (Å²) in [5.41, 5.74) is 3.36. The second-order valence-electron chi connectivity index (χ2n) is 5.49. The van der Waals surface area contributed by atoms with E-state index in [0.717, 1.165) is 12.0 Å². The van der Waals surface area contributed by atoms with Gasteiger partial charge in [-0.25, -0.2) is 0 Å². The van der Waals surface area contributed by atoms with Crippen molar-refractivity contribution < 1.29 is 14.3 Å². The first-order valence-electron chi connectivity index (χ1n) is 7.13. The fourth-order valence-corrected chi connectivity index (χ4v) is 3.01. The lowest BCUT2D eigenvalue weighted by atomic mass is 9.76. The summed E-state index contributed by atoms with van der Waals surface area (Å²) in [5, 5.41) is 0. The predicted molar refractivity (Wildman–Crippen MR) is 72.2 cm³/mol. The zero-order valence-electron chi connectivity index (χ0n) is 11.4. The summed E-state index contributed by atoms with van der Waals surface area (Å²) in [5.74, 6) is -0.142. The largest absolute Gasteiger partial charge is 0.465 e. The van der Waals surface area contributed by atoms with Crippen LogP contribution in [0.2, 0.25) is 0 Å². The molecule has 1 aliphatic carbocycles. The van der Waals surface area contributed by atoms with Crippen molar-refractivity contribution in [1.82, 2.24) is 0 Å². The molecule has 102 valence electrons. The number of carbonyl (C=O) groups is 1. The fourth-order valence-electron chi connectivity index (χ4n) is 3.01. The third kappa shape index (κ3) is 2.06. The standard InChI is InChI=1S/C16H20O3/c1-2-19-15(17)16(10-18-11-16)14-8-7-12-5-3-4-6-13(12)9-14/h7-9H,2-6,10-11H2,1H3. The lowest BCUT2D eigenvalue weighted by Gasteiger charge is -2.39. The Morgan fingerprint density at radius 1 is 1.26 bits per heavy atom. The summed E-state index contributed by atoms with van der Waals surface area (Å²) in [6, 6.07) is 6.47. The maximum Gasteiger partial charge on any atom is 0.321 e. The van der Waals surface area contributed by atoms with E-state index in [1.807, 2.05) is 6.92 Å². The van der Waals surface area contributed by atoms with Gasteiger partial charge in [0.2, 0.25) is 0 Å². The number of rotatable bonds is 3. The SMILES string of the molecule is CCOC(=O)C1(c2ccc3c(c2)CCCC3)COC1. The van der Waals surface area contributed by atoms with E-state index in [2.05, 4.69) is 18.2 Å². The van der Waals surface area contributed by atoms with Gasteiger partial charge in [0.1, 0.15) is 5.41 Å². The second kappa shape index (κ2) is 4.97. The summed E-state index contributed by atoms with van der Waals surface area (Å²) in [6.45, 7) is 3.17. The van der Waals surface area contributed by atoms with Crippen LogP contribution >= 0.6 is 0 Å². The second-order valence-corrected chi connectivity index (χ2v) is 5.49. The Bertz CT molecular complexity index is 489. The molecule has 1 aromatic carbocycles. The zero-order chi connectivity index (χ0) is 13.3. The first kappa shape index (κ1) is 12.7. The van der Waals surface area contributed by atoms with E-state index in [0.29, 0.717) is 19.8 Å². The van der Waals surface area contributed by atoms with Gasteiger partial charge in [0.25, 0.3) is 0 Å². The summed E-state index contributed by atoms with van der Waals surface area (Å²) in [4.78, 5) is 12.2. The molecule has 1 fully saturated rings. The van der Waals surface area contributed by atoms with Gasteiger partial charge in [0, 0.05) is 0 Å². The maximum atomic E-state index is 12.2. The van der Waals surface area contributed by atoms with Crippen molar-refractivity contribution in [3.05, 3.63) is 34.9 Å². The van der Waals surface area contributed by atoms with Crippen LogP contribution in [0.1, 0.15) is 36.5 Å². The number of benzene rings is 1. The average molecular weight is 260 g/mol. The number of carbonyl (C=O) groups excluding carboxylic acids is 1. The van der Waals surface area contributed by atoms with Crippen LogP contribution in [0, 0.1) is 0 Å². The van der Waals surface area contributed by atoms with Crippen LogP contribution in [-0.2, 0) is 32.5 Å². The highest BCUT2D eigenvalue weighted by Crippen LogP contribution is 2.36. The van der Waals surface area contributed by atoms with Gasteiger partial charge >= 0.3 is 5.97 Å². The molecule has 3 nitrogen and oxygen atoms in total. The van der Waals surface area contributed by atoms with Crippen molar-refractivity contribution in [1.29, 1.82) is 0 Å². The van der Waals surface area contributed by atoms with E-state index in [1.165, 1.54) is 30.4 Å². The average Bonchev–Trinajstić information content (AvgIpc) is 2.38. The van der Waals surface area contributed by atoms with Crippen LogP contribution in [0.25, 0.3) is 0 Å². The van der Waals surface area contributed by atoms with Crippen molar-refractivity contribution >= 4 is 5.97 Å². The van der Waals surface area contributed by atoms with Crippen LogP contribution in [0.3, 0.4) is 0 Å². The molecule has 0 radical (unpaired) electrons. The molecule has 1 aromatic rings. The molecular weight excluding hydrogens is 240 g/mol. The van der Waals surface area contributed by atoms with E-state index in [9.17, 15) is 4.79 Å². The Hall–Kier alpha value is -1.35. The van der Waals surface area contributed by atoms with E-state index >= 15 is 0 Å². The van der Waals surface area contributed by atoms with Crippen molar-refractivity contribution in [2.24, 2.45) is 0 Å². The number of fused-ring (bicyclic) bond motifs is 1. The summed E-state index contributed by atoms with van der Waals surface area (Å²) >= 11 is 0. The Balaban J connectivity index is 1.93. The fraction of sp³-hybridized carbons (Fsp3) is 0.562. The Labute approximate surface area is 113 Å². The third-order valence-corrected chi connectivity index (χ3v) is 4.26. The molecule has 0 aromatic heterocycles. The molecule has 0 unspecified atom stereocenters. The molecule has 2 aliphatic rings. The van der Waals surface area contributed by atoms with Crippen molar-refractivity contribution in [2.75, 3.05) is 19.8 Å². The van der Waals surface area contributed by atoms with Crippen molar-refractivity contribution in [2.45, 2.75) is 38.0 Å². The summed E-state index contributed by atoms with van der Waals surface area (Å²) in [6.07, 6.45) is 4.82. The lowest BCUT2D eigenvalue weighted by Crippen LogP contribution is -2.54. The van der Waals surface area contributed by atoms with Crippen molar-refractivity contribution in [3.8, 4) is 0 Å². The molecule has 1 saturated heterocycles. The van der Waals surface area contributed by atoms with Crippen molar-refractivity contribution in [3.63, 3.8) is 0 Å². The first-order valence-corrected chi connectivity index (χ1v) is 7.13. The highest BCUT2D eigenvalue weighted by molar-refractivity contribution is 5.84. The molecule has 0 atom stereocenters. The minimum Gasteiger partial charge on any atom is -0.465 e. The van der Waals surface area contributed by atoms with Crippen LogP contribution in [0.4, 0.5) is 0 Å². The molecule has 3 heteroatoms. The summed E-state index contributed by atoms with van der Waals surface area (Å²) < 4.78 is 10.5. The molecule has 0 amide bonds. The topological polar surface area (TPSA) is 35.5 Å². The van der Waals surface area contributed by atoms with E-state index < -0.39 is 5.41 Å². The molecule has 0 saturated carbocycles. The number of esters is 1. The van der Waals surface area contributed by atoms with Crippen LogP contribution in [0.5, 0.6) is 0 Å². The molecule has 1 heterocycles. The Kier molecular flexibility index (Phi) is 3.31. The lowest BCUT2D eigenvalue weighted by molar-refractivity contribution is -0.169. The third-order valence-electron chi connectivity index (χ3n) is 4.26. The highest BCUT2D eigenvalue weighted by Gasteiger charge is 2.49. The maximum absolute atomic E-state index is 12.2. The molecule has 3 rings (SSSR count). The minimum absolute atomic E-state index is 0.142. The molecule has 1 aliphatic heterocycles. The quantitative estimate of drug-likeness (QED) is 0.783. The number of ether oxygens (including phenoxy) is 2. The van der Waals surface area contributed by atoms with E-state index in [4.69, 9.17) is 9.47 Å². The normalized spacial score (nSPS) is 20.3. The van der Waals surface area contributed by atoms with Gasteiger partial charge in [-0.3, -0.25) is 4.79 Å². The van der Waals surface area contributed by atoms with Gasteiger partial charge in [-0.1, -0.05) is 18.2 Å². The molecular formula is C16H20O3. The van der Waals surface area contributed by atoms with Gasteiger partial charge in [0.05, 0.1) is 19.8 Å². The van der Waals surface area contributed by atoms with Gasteiger partial charge in [-0.05, 0) is 49.3 Å². The van der Waals surface area contributed by atoms with E-state index in [1.54, 1.807) is 0 Å². The smallest absolute Gasteiger partial charge is 0.321 e. The number of aryl methyl sites for hydroxylation is 2. The Morgan fingerprint density at radius 2 is 2.00 bits per heavy atom. The van der Waals surface area contributed by atoms with Gasteiger partial charge in [-0.15, -0.1) is 0 Å². The van der Waals surface area contributed by atoms with Gasteiger partial charge < -0.3 is 9.47 Å². The molecule has 0 N–H and O–H groups in total. The highest BCUT2D eigenvalue weighted by atomic mass is 16.6. The Morgan fingerprint density at radius 3 is 2.63 bits per heavy atom. The van der Waals surface area contributed by atoms with Crippen LogP contribution in [0.15, 0.2) is 18.2 Å². The van der Waals surface area contributed by atoms with Crippen LogP contribution in [-0.4, -0.2) is 25.8 Å². The first-order chi connectivity index (χ1) is 9.26. The monoisotopic (exact) mass is 260 g/mol. The van der Waals surface area contributed by atoms with E-state index in [-0.39, 0.29) is 5.97 Å². The zero-order valence-corrected chi connectivity index (χ0v) is 11.4. The molecule has 19 heavy (non-hydrogen) atoms. The van der Waals surface area contributed by atoms with Crippen LogP contribution < -0.4 is 0 Å². The minimum atomic E-state index is -0.553. The number of hydrogen-bond donors (Lipinski definition) is 0. The van der Waals surface area contributed by atoms with Gasteiger partial charge in [-0.2, -0.15) is 0 Å². The van der Waals surface area contributed by atoms with Gasteiger partial charge in [0.15, 0.2) is 0 Å². The molecule has 0 bridgehead atoms. The number of hydrogen-bond acceptors (Lipinski definition) is 3. The summed E-state index contributed by atoms with van der Waals surface area (Å²) in [7, 11) is 0.